The number of carbonyl (C=O) groups is 1. The number of aromatic nitrogens is 1. The number of nitrogens with one attached hydrogen (secondary N) is 1. The molecule has 1 fully saturated rings. The Morgan fingerprint density at radius 3 is 2.84 bits per heavy atom. The highest BCUT2D eigenvalue weighted by Crippen LogP contribution is 2.42. The summed E-state index contributed by atoms with van der Waals surface area (Å²) >= 11 is 0. The van der Waals surface area contributed by atoms with Gasteiger partial charge in [0.05, 0.1) is 12.1 Å². The molecule has 1 saturated carbocycles. The molecule has 0 aromatic carbocycles. The van der Waals surface area contributed by atoms with Crippen LogP contribution in [0.15, 0.2) is 16.7 Å². The van der Waals surface area contributed by atoms with E-state index in [2.05, 4.69) is 22.6 Å². The number of carbonyl (C=O) groups excluding carboxylic acids is 1. The molecule has 2 aliphatic carbocycles. The quantitative estimate of drug-likeness (QED) is 0.844. The Balaban J connectivity index is 1.51. The molecule has 0 spiro atoms. The van der Waals surface area contributed by atoms with E-state index >= 15 is 0 Å². The van der Waals surface area contributed by atoms with Crippen LogP contribution in [0.1, 0.15) is 29.9 Å². The summed E-state index contributed by atoms with van der Waals surface area (Å²) in [6.45, 7) is 4.52. The normalized spacial score (nSPS) is 28.0. The first-order chi connectivity index (χ1) is 9.13. The molecule has 1 amide bonds. The lowest BCUT2D eigenvalue weighted by Gasteiger charge is -2.18. The third kappa shape index (κ3) is 2.44. The van der Waals surface area contributed by atoms with Gasteiger partial charge in [0.25, 0.3) is 0 Å². The minimum absolute atomic E-state index is 0.0705. The molecule has 2 bridgehead atoms. The number of aryl methyl sites for hydroxylation is 2. The van der Waals surface area contributed by atoms with Crippen LogP contribution in [0.4, 0.5) is 0 Å². The zero-order chi connectivity index (χ0) is 13.4. The van der Waals surface area contributed by atoms with Gasteiger partial charge in [0.2, 0.25) is 5.91 Å². The second-order valence-electron chi connectivity index (χ2n) is 5.82. The fourth-order valence-corrected chi connectivity index (χ4v) is 3.35. The highest BCUT2D eigenvalue weighted by Gasteiger charge is 2.35. The maximum absolute atomic E-state index is 12.0. The summed E-state index contributed by atoms with van der Waals surface area (Å²) in [5.74, 6) is 2.89. The van der Waals surface area contributed by atoms with Gasteiger partial charge in [-0.2, -0.15) is 0 Å². The monoisotopic (exact) mass is 260 g/mol. The molecule has 3 atom stereocenters. The minimum atomic E-state index is 0.0705. The summed E-state index contributed by atoms with van der Waals surface area (Å²) in [6.07, 6.45) is 7.53. The molecule has 0 radical (unpaired) electrons. The largest absolute Gasteiger partial charge is 0.361 e. The van der Waals surface area contributed by atoms with Crippen LogP contribution in [-0.2, 0) is 11.2 Å². The summed E-state index contributed by atoms with van der Waals surface area (Å²) in [5.41, 5.74) is 1.74. The average Bonchev–Trinajstić information content (AvgIpc) is 3.08. The van der Waals surface area contributed by atoms with Gasteiger partial charge in [-0.3, -0.25) is 4.79 Å². The molecule has 1 heterocycles. The molecule has 0 saturated heterocycles. The zero-order valence-corrected chi connectivity index (χ0v) is 11.5. The summed E-state index contributed by atoms with van der Waals surface area (Å²) in [4.78, 5) is 12.0. The minimum Gasteiger partial charge on any atom is -0.361 e. The van der Waals surface area contributed by atoms with Crippen LogP contribution in [0.5, 0.6) is 0 Å². The first-order valence-electron chi connectivity index (χ1n) is 7.00. The van der Waals surface area contributed by atoms with E-state index in [0.717, 1.165) is 29.5 Å². The summed E-state index contributed by atoms with van der Waals surface area (Å²) in [5, 5.41) is 6.93. The van der Waals surface area contributed by atoms with Crippen molar-refractivity contribution >= 4 is 5.91 Å². The van der Waals surface area contributed by atoms with Crippen LogP contribution in [-0.4, -0.2) is 17.6 Å². The molecule has 19 heavy (non-hydrogen) atoms. The molecule has 0 unspecified atom stereocenters. The molecule has 4 nitrogen and oxygen atoms in total. The number of hydrogen-bond acceptors (Lipinski definition) is 3. The average molecular weight is 260 g/mol. The Bertz CT molecular complexity index is 499. The number of amides is 1. The third-order valence-electron chi connectivity index (χ3n) is 4.50. The van der Waals surface area contributed by atoms with Crippen molar-refractivity contribution in [2.75, 3.05) is 6.54 Å². The van der Waals surface area contributed by atoms with Gasteiger partial charge >= 0.3 is 0 Å². The van der Waals surface area contributed by atoms with E-state index in [0.29, 0.717) is 18.3 Å². The molecule has 102 valence electrons. The van der Waals surface area contributed by atoms with Crippen molar-refractivity contribution in [3.8, 4) is 0 Å². The predicted octanol–water partition coefficient (Wildman–Crippen LogP) is 2.16. The molecular weight excluding hydrogens is 240 g/mol. The van der Waals surface area contributed by atoms with Gasteiger partial charge in [0.15, 0.2) is 0 Å². The number of rotatable bonds is 4. The number of allylic oxidation sites excluding steroid dienone is 2. The highest BCUT2D eigenvalue weighted by molar-refractivity contribution is 5.79. The molecule has 2 aliphatic rings. The Kier molecular flexibility index (Phi) is 3.17. The molecule has 1 aromatic rings. The van der Waals surface area contributed by atoms with Crippen molar-refractivity contribution in [1.82, 2.24) is 10.5 Å². The maximum atomic E-state index is 12.0. The van der Waals surface area contributed by atoms with Crippen LogP contribution in [0, 0.1) is 31.6 Å². The van der Waals surface area contributed by atoms with Gasteiger partial charge in [-0.1, -0.05) is 17.3 Å². The Hall–Kier alpha value is -1.58. The van der Waals surface area contributed by atoms with Gasteiger partial charge in [-0.15, -0.1) is 0 Å². The predicted molar refractivity (Wildman–Crippen MR) is 71.5 cm³/mol. The van der Waals surface area contributed by atoms with Gasteiger partial charge in [-0.25, -0.2) is 0 Å². The fraction of sp³-hybridized carbons (Fsp3) is 0.600. The topological polar surface area (TPSA) is 55.1 Å². The standard InChI is InChI=1S/C15H20N2O2/c1-9-14(10(2)19-17-9)7-15(18)16-8-13-6-11-3-4-12(13)5-11/h3-4,11-13H,5-8H2,1-2H3,(H,16,18)/t11-,12-,13+/m0/s1. The second-order valence-corrected chi connectivity index (χ2v) is 5.82. The first-order valence-corrected chi connectivity index (χ1v) is 7.00. The van der Waals surface area contributed by atoms with Crippen molar-refractivity contribution in [2.24, 2.45) is 17.8 Å². The lowest BCUT2D eigenvalue weighted by Crippen LogP contribution is -2.32. The van der Waals surface area contributed by atoms with Crippen LogP contribution in [0.3, 0.4) is 0 Å². The maximum Gasteiger partial charge on any atom is 0.224 e. The van der Waals surface area contributed by atoms with Crippen molar-refractivity contribution in [3.63, 3.8) is 0 Å². The summed E-state index contributed by atoms with van der Waals surface area (Å²) in [7, 11) is 0. The van der Waals surface area contributed by atoms with E-state index in [1.54, 1.807) is 0 Å². The van der Waals surface area contributed by atoms with Crippen molar-refractivity contribution in [2.45, 2.75) is 33.1 Å². The Morgan fingerprint density at radius 2 is 2.26 bits per heavy atom. The fourth-order valence-electron chi connectivity index (χ4n) is 3.35. The molecule has 3 rings (SSSR count). The van der Waals surface area contributed by atoms with E-state index in [4.69, 9.17) is 4.52 Å². The highest BCUT2D eigenvalue weighted by atomic mass is 16.5. The van der Waals surface area contributed by atoms with E-state index in [9.17, 15) is 4.79 Å². The smallest absolute Gasteiger partial charge is 0.224 e. The lowest BCUT2D eigenvalue weighted by atomic mass is 9.93. The van der Waals surface area contributed by atoms with Crippen molar-refractivity contribution in [3.05, 3.63) is 29.2 Å². The van der Waals surface area contributed by atoms with Gasteiger partial charge < -0.3 is 9.84 Å². The van der Waals surface area contributed by atoms with E-state index in [-0.39, 0.29) is 5.91 Å². The van der Waals surface area contributed by atoms with Gasteiger partial charge in [0.1, 0.15) is 5.76 Å². The van der Waals surface area contributed by atoms with Crippen LogP contribution in [0.2, 0.25) is 0 Å². The molecule has 1 N–H and O–H groups in total. The third-order valence-corrected chi connectivity index (χ3v) is 4.50. The van der Waals surface area contributed by atoms with Gasteiger partial charge in [-0.05, 0) is 44.4 Å². The van der Waals surface area contributed by atoms with Crippen LogP contribution in [0.25, 0.3) is 0 Å². The summed E-state index contributed by atoms with van der Waals surface area (Å²) in [6, 6.07) is 0. The van der Waals surface area contributed by atoms with E-state index in [1.807, 2.05) is 13.8 Å². The molecular formula is C15H20N2O2. The Labute approximate surface area is 113 Å². The second kappa shape index (κ2) is 4.83. The molecule has 0 aliphatic heterocycles. The lowest BCUT2D eigenvalue weighted by molar-refractivity contribution is -0.120. The molecule has 1 aromatic heterocycles. The SMILES string of the molecule is Cc1noc(C)c1CC(=O)NC[C@H]1C[C@H]2C=C[C@H]1C2. The van der Waals surface area contributed by atoms with Crippen molar-refractivity contribution < 1.29 is 9.32 Å². The van der Waals surface area contributed by atoms with Gasteiger partial charge in [0, 0.05) is 12.1 Å². The van der Waals surface area contributed by atoms with Crippen LogP contribution < -0.4 is 5.32 Å². The van der Waals surface area contributed by atoms with E-state index in [1.165, 1.54) is 12.8 Å². The number of fused-ring (bicyclic) bond motifs is 2. The zero-order valence-electron chi connectivity index (χ0n) is 11.5. The van der Waals surface area contributed by atoms with E-state index < -0.39 is 0 Å². The Morgan fingerprint density at radius 1 is 1.42 bits per heavy atom. The first kappa shape index (κ1) is 12.5. The van der Waals surface area contributed by atoms with Crippen molar-refractivity contribution in [1.29, 1.82) is 0 Å². The number of nitrogens with zero attached hydrogens (tertiary/aromatic N) is 1. The van der Waals surface area contributed by atoms with Crippen LogP contribution >= 0.6 is 0 Å². The number of hydrogen-bond donors (Lipinski definition) is 1. The summed E-state index contributed by atoms with van der Waals surface area (Å²) < 4.78 is 5.08. The molecule has 4 heteroatoms.